The molecule has 4 nitrogen and oxygen atoms in total. The Hall–Kier alpha value is -0.500. The minimum absolute atomic E-state index is 0.238. The van der Waals surface area contributed by atoms with E-state index in [-0.39, 0.29) is 4.75 Å². The lowest BCUT2D eigenvalue weighted by Gasteiger charge is -2.16. The molecule has 0 saturated carbocycles. The molecule has 2 aromatic heterocycles. The monoisotopic (exact) mass is 378 g/mol. The van der Waals surface area contributed by atoms with Gasteiger partial charge in [-0.1, -0.05) is 32.5 Å². The Morgan fingerprint density at radius 3 is 2.22 bits per heavy atom. The van der Waals surface area contributed by atoms with Crippen molar-refractivity contribution in [2.45, 2.75) is 30.7 Å². The number of halogens is 1. The van der Waals surface area contributed by atoms with Gasteiger partial charge < -0.3 is 9.13 Å². The molecule has 0 aliphatic carbocycles. The highest BCUT2D eigenvalue weighted by molar-refractivity contribution is 14.1. The zero-order valence-electron chi connectivity index (χ0n) is 11.4. The third-order valence-electron chi connectivity index (χ3n) is 1.92. The second-order valence-corrected chi connectivity index (χ2v) is 7.76. The van der Waals surface area contributed by atoms with E-state index < -0.39 is 0 Å². The molecule has 0 N–H and O–H groups in total. The van der Waals surface area contributed by atoms with Gasteiger partial charge in [0.2, 0.25) is 0 Å². The fourth-order valence-electron chi connectivity index (χ4n) is 1.07. The van der Waals surface area contributed by atoms with E-state index in [2.05, 4.69) is 57.9 Å². The molecule has 0 aliphatic rings. The molecule has 2 aromatic rings. The number of aryl methyl sites for hydroxylation is 1. The molecule has 0 fully saturated rings. The van der Waals surface area contributed by atoms with E-state index in [1.54, 1.807) is 24.3 Å². The fraction of sp³-hybridized carbons (Fsp3) is 0.500. The summed E-state index contributed by atoms with van der Waals surface area (Å²) >= 11 is 4.08. The molecule has 0 bridgehead atoms. The summed E-state index contributed by atoms with van der Waals surface area (Å²) in [7, 11) is 3.98. The van der Waals surface area contributed by atoms with Crippen molar-refractivity contribution >= 4 is 34.4 Å². The molecular weight excluding hydrogens is 359 g/mol. The quantitative estimate of drug-likeness (QED) is 0.564. The van der Waals surface area contributed by atoms with E-state index in [0.29, 0.717) is 0 Å². The molecule has 2 heterocycles. The molecule has 0 atom stereocenters. The molecule has 18 heavy (non-hydrogen) atoms. The van der Waals surface area contributed by atoms with Crippen LogP contribution >= 0.6 is 34.4 Å². The molecule has 2 rings (SSSR count). The number of imidazole rings is 2. The van der Waals surface area contributed by atoms with Gasteiger partial charge >= 0.3 is 0 Å². The number of rotatable bonds is 1. The van der Waals surface area contributed by atoms with E-state index in [1.807, 2.05) is 31.1 Å². The Morgan fingerprint density at radius 2 is 1.94 bits per heavy atom. The van der Waals surface area contributed by atoms with E-state index in [4.69, 9.17) is 0 Å². The van der Waals surface area contributed by atoms with Gasteiger partial charge in [0.05, 0.1) is 12.5 Å². The predicted octanol–water partition coefficient (Wildman–Crippen LogP) is 3.34. The van der Waals surface area contributed by atoms with Crippen LogP contribution in [0.4, 0.5) is 0 Å². The number of nitrogens with zero attached hydrogens (tertiary/aromatic N) is 4. The standard InChI is InChI=1S/C8H13IN2S.C4H6N2/c1-8(2,3)12-7-10-5-6(9)11(7)4;1-6-3-2-5-4-6/h5H,1-4H3;2-4H,1H3. The molecule has 0 radical (unpaired) electrons. The first-order valence-electron chi connectivity index (χ1n) is 5.58. The smallest absolute Gasteiger partial charge is 0.169 e. The van der Waals surface area contributed by atoms with Crippen molar-refractivity contribution in [3.8, 4) is 0 Å². The van der Waals surface area contributed by atoms with Crippen LogP contribution in [0.1, 0.15) is 20.8 Å². The largest absolute Gasteiger partial charge is 0.341 e. The SMILES string of the molecule is Cn1c(I)cnc1SC(C)(C)C.Cn1ccnc1. The van der Waals surface area contributed by atoms with Crippen LogP contribution < -0.4 is 0 Å². The van der Waals surface area contributed by atoms with Crippen LogP contribution in [-0.4, -0.2) is 23.8 Å². The molecule has 0 aromatic carbocycles. The Bertz CT molecular complexity index is 471. The van der Waals surface area contributed by atoms with Gasteiger partial charge in [-0.15, -0.1) is 0 Å². The third kappa shape index (κ3) is 5.43. The van der Waals surface area contributed by atoms with Crippen molar-refractivity contribution in [2.24, 2.45) is 14.1 Å². The van der Waals surface area contributed by atoms with Gasteiger partial charge in [-0.3, -0.25) is 0 Å². The predicted molar refractivity (Wildman–Crippen MR) is 84.7 cm³/mol. The average Bonchev–Trinajstić information content (AvgIpc) is 2.82. The van der Waals surface area contributed by atoms with Crippen molar-refractivity contribution in [1.29, 1.82) is 0 Å². The maximum Gasteiger partial charge on any atom is 0.169 e. The Labute approximate surface area is 126 Å². The summed E-state index contributed by atoms with van der Waals surface area (Å²) in [5, 5.41) is 1.09. The van der Waals surface area contributed by atoms with E-state index in [9.17, 15) is 0 Å². The Morgan fingerprint density at radius 1 is 1.28 bits per heavy atom. The number of thioether (sulfide) groups is 1. The van der Waals surface area contributed by atoms with Gasteiger partial charge in [-0.25, -0.2) is 9.97 Å². The fourth-order valence-corrected chi connectivity index (χ4v) is 2.49. The van der Waals surface area contributed by atoms with Gasteiger partial charge in [0.15, 0.2) is 5.16 Å². The zero-order chi connectivity index (χ0) is 13.8. The lowest BCUT2D eigenvalue weighted by molar-refractivity contribution is 0.744. The first-order valence-corrected chi connectivity index (χ1v) is 7.47. The van der Waals surface area contributed by atoms with E-state index >= 15 is 0 Å². The van der Waals surface area contributed by atoms with Gasteiger partial charge in [0.1, 0.15) is 3.70 Å². The van der Waals surface area contributed by atoms with Crippen molar-refractivity contribution in [3.63, 3.8) is 0 Å². The first-order chi connectivity index (χ1) is 8.29. The maximum absolute atomic E-state index is 4.32. The van der Waals surface area contributed by atoms with Crippen molar-refractivity contribution in [3.05, 3.63) is 28.6 Å². The zero-order valence-corrected chi connectivity index (χ0v) is 14.4. The molecular formula is C12H19IN4S. The van der Waals surface area contributed by atoms with E-state index in [0.717, 1.165) is 5.16 Å². The van der Waals surface area contributed by atoms with Gasteiger partial charge in [-0.2, -0.15) is 0 Å². The minimum Gasteiger partial charge on any atom is -0.341 e. The van der Waals surface area contributed by atoms with Gasteiger partial charge in [0, 0.05) is 31.2 Å². The summed E-state index contributed by atoms with van der Waals surface area (Å²) in [6.07, 6.45) is 7.29. The van der Waals surface area contributed by atoms with Gasteiger partial charge in [-0.05, 0) is 22.6 Å². The molecule has 6 heteroatoms. The van der Waals surface area contributed by atoms with Crippen molar-refractivity contribution in [1.82, 2.24) is 19.1 Å². The van der Waals surface area contributed by atoms with Crippen LogP contribution in [0.3, 0.4) is 0 Å². The Balaban J connectivity index is 0.000000225. The summed E-state index contributed by atoms with van der Waals surface area (Å²) in [6, 6.07) is 0. The minimum atomic E-state index is 0.238. The summed E-state index contributed by atoms with van der Waals surface area (Å²) in [5.41, 5.74) is 0. The van der Waals surface area contributed by atoms with Crippen LogP contribution in [-0.2, 0) is 14.1 Å². The van der Waals surface area contributed by atoms with Crippen LogP contribution in [0.25, 0.3) is 0 Å². The normalized spacial score (nSPS) is 11.0. The van der Waals surface area contributed by atoms with E-state index in [1.165, 1.54) is 3.70 Å². The van der Waals surface area contributed by atoms with Crippen LogP contribution in [0.5, 0.6) is 0 Å². The summed E-state index contributed by atoms with van der Waals surface area (Å²) in [5.74, 6) is 0. The molecule has 0 aliphatic heterocycles. The lowest BCUT2D eigenvalue weighted by Crippen LogP contribution is -2.09. The highest BCUT2D eigenvalue weighted by atomic mass is 127. The molecule has 0 saturated heterocycles. The highest BCUT2D eigenvalue weighted by Crippen LogP contribution is 2.30. The molecule has 0 unspecified atom stereocenters. The second-order valence-electron chi connectivity index (χ2n) is 4.87. The van der Waals surface area contributed by atoms with Crippen molar-refractivity contribution < 1.29 is 0 Å². The lowest BCUT2D eigenvalue weighted by atomic mass is 10.3. The van der Waals surface area contributed by atoms with Crippen LogP contribution in [0.2, 0.25) is 0 Å². The third-order valence-corrected chi connectivity index (χ3v) is 4.10. The molecule has 0 spiro atoms. The Kier molecular flexibility index (Phi) is 5.71. The summed E-state index contributed by atoms with van der Waals surface area (Å²) in [6.45, 7) is 6.58. The average molecular weight is 378 g/mol. The summed E-state index contributed by atoms with van der Waals surface area (Å²) in [4.78, 5) is 8.10. The topological polar surface area (TPSA) is 35.6 Å². The summed E-state index contributed by atoms with van der Waals surface area (Å²) < 4.78 is 5.41. The van der Waals surface area contributed by atoms with Gasteiger partial charge in [0.25, 0.3) is 0 Å². The number of aromatic nitrogens is 4. The molecule has 100 valence electrons. The molecule has 0 amide bonds. The highest BCUT2D eigenvalue weighted by Gasteiger charge is 2.15. The number of hydrogen-bond donors (Lipinski definition) is 0. The first kappa shape index (κ1) is 15.6. The second kappa shape index (κ2) is 6.60. The van der Waals surface area contributed by atoms with Crippen molar-refractivity contribution in [2.75, 3.05) is 0 Å². The number of hydrogen-bond acceptors (Lipinski definition) is 3. The van der Waals surface area contributed by atoms with Crippen LogP contribution in [0, 0.1) is 3.70 Å². The van der Waals surface area contributed by atoms with Crippen LogP contribution in [0.15, 0.2) is 30.1 Å². The maximum atomic E-state index is 4.32.